The number of anilines is 1. The van der Waals surface area contributed by atoms with E-state index in [1.54, 1.807) is 13.2 Å². The Labute approximate surface area is 169 Å². The number of carbonyl (C=O) groups excluding carboxylic acids is 1. The molecule has 1 atom stereocenters. The summed E-state index contributed by atoms with van der Waals surface area (Å²) < 4.78 is 7.24. The van der Waals surface area contributed by atoms with Gasteiger partial charge in [0.25, 0.3) is 0 Å². The van der Waals surface area contributed by atoms with Crippen LogP contribution in [0.2, 0.25) is 0 Å². The van der Waals surface area contributed by atoms with Crippen molar-refractivity contribution in [3.8, 4) is 17.1 Å². The van der Waals surface area contributed by atoms with Gasteiger partial charge < -0.3 is 14.6 Å². The van der Waals surface area contributed by atoms with Crippen molar-refractivity contribution < 1.29 is 9.53 Å². The highest BCUT2D eigenvalue weighted by Crippen LogP contribution is 2.29. The van der Waals surface area contributed by atoms with Gasteiger partial charge in [0.2, 0.25) is 5.91 Å². The first-order valence-electron chi connectivity index (χ1n) is 9.14. The number of carbonyl (C=O) groups is 1. The van der Waals surface area contributed by atoms with Crippen LogP contribution in [0.3, 0.4) is 0 Å². The number of hydrogen-bond donors (Lipinski definition) is 1. The molecule has 0 aliphatic carbocycles. The largest absolute Gasteiger partial charge is 0.497 e. The van der Waals surface area contributed by atoms with E-state index in [1.165, 1.54) is 11.8 Å². The van der Waals surface area contributed by atoms with Crippen molar-refractivity contribution in [1.82, 2.24) is 14.8 Å². The number of nitrogens with one attached hydrogen (secondary N) is 1. The fourth-order valence-electron chi connectivity index (χ4n) is 2.84. The van der Waals surface area contributed by atoms with Gasteiger partial charge in [-0.25, -0.2) is 0 Å². The number of thioether (sulfide) groups is 1. The van der Waals surface area contributed by atoms with E-state index in [9.17, 15) is 4.79 Å². The quantitative estimate of drug-likeness (QED) is 0.600. The molecule has 1 N–H and O–H groups in total. The van der Waals surface area contributed by atoms with Crippen LogP contribution in [0.5, 0.6) is 5.75 Å². The summed E-state index contributed by atoms with van der Waals surface area (Å²) in [6.07, 6.45) is 0. The van der Waals surface area contributed by atoms with Crippen LogP contribution in [0.4, 0.5) is 5.69 Å². The number of methoxy groups -OCH3 is 1. The fourth-order valence-corrected chi connectivity index (χ4v) is 3.75. The van der Waals surface area contributed by atoms with Gasteiger partial charge in [0.05, 0.1) is 12.4 Å². The highest BCUT2D eigenvalue weighted by Gasteiger charge is 2.21. The van der Waals surface area contributed by atoms with E-state index >= 15 is 0 Å². The molecule has 28 heavy (non-hydrogen) atoms. The van der Waals surface area contributed by atoms with E-state index in [0.29, 0.717) is 11.4 Å². The Hall–Kier alpha value is -2.80. The summed E-state index contributed by atoms with van der Waals surface area (Å²) in [5, 5.41) is 12.0. The Kier molecular flexibility index (Phi) is 6.36. The van der Waals surface area contributed by atoms with E-state index in [-0.39, 0.29) is 11.2 Å². The second-order valence-electron chi connectivity index (χ2n) is 6.35. The van der Waals surface area contributed by atoms with Crippen molar-refractivity contribution in [2.24, 2.45) is 0 Å². The van der Waals surface area contributed by atoms with Crippen LogP contribution < -0.4 is 10.1 Å². The summed E-state index contributed by atoms with van der Waals surface area (Å²) in [6.45, 7) is 6.70. The topological polar surface area (TPSA) is 69.0 Å². The zero-order valence-corrected chi connectivity index (χ0v) is 17.3. The van der Waals surface area contributed by atoms with Crippen molar-refractivity contribution >= 4 is 23.4 Å². The van der Waals surface area contributed by atoms with E-state index in [1.807, 2.05) is 47.9 Å². The van der Waals surface area contributed by atoms with Gasteiger partial charge in [-0.1, -0.05) is 42.1 Å². The Morgan fingerprint density at radius 3 is 2.71 bits per heavy atom. The van der Waals surface area contributed by atoms with E-state index in [0.717, 1.165) is 28.7 Å². The fraction of sp³-hybridized carbons (Fsp3) is 0.286. The molecule has 0 aliphatic rings. The Morgan fingerprint density at radius 2 is 2.00 bits per heavy atom. The lowest BCUT2D eigenvalue weighted by Gasteiger charge is -2.13. The van der Waals surface area contributed by atoms with Crippen LogP contribution >= 0.6 is 11.8 Å². The molecular formula is C21H24N4O2S. The predicted octanol–water partition coefficient (Wildman–Crippen LogP) is 4.40. The summed E-state index contributed by atoms with van der Waals surface area (Å²) in [5.41, 5.74) is 2.90. The first kappa shape index (κ1) is 19.9. The van der Waals surface area contributed by atoms with Crippen molar-refractivity contribution in [1.29, 1.82) is 0 Å². The lowest BCUT2D eigenvalue weighted by atomic mass is 10.1. The molecule has 0 saturated heterocycles. The van der Waals surface area contributed by atoms with Gasteiger partial charge in [-0.05, 0) is 38.5 Å². The van der Waals surface area contributed by atoms with Gasteiger partial charge in [0, 0.05) is 23.9 Å². The molecular weight excluding hydrogens is 372 g/mol. The van der Waals surface area contributed by atoms with Gasteiger partial charge in [0.15, 0.2) is 11.0 Å². The molecule has 6 nitrogen and oxygen atoms in total. The molecule has 0 bridgehead atoms. The normalized spacial score (nSPS) is 11.9. The lowest BCUT2D eigenvalue weighted by molar-refractivity contribution is -0.115. The molecule has 0 spiro atoms. The van der Waals surface area contributed by atoms with Gasteiger partial charge in [-0.15, -0.1) is 10.2 Å². The standard InChI is InChI=1S/C21H24N4O2S/c1-5-25-19(18-12-7-6-9-14(18)2)23-24-21(25)28-15(3)20(26)22-16-10-8-11-17(13-16)27-4/h6-13,15H,5H2,1-4H3,(H,22,26)/t15-/m0/s1. The molecule has 3 aromatic rings. The smallest absolute Gasteiger partial charge is 0.237 e. The van der Waals surface area contributed by atoms with Crippen LogP contribution in [0.15, 0.2) is 53.7 Å². The average Bonchev–Trinajstić information content (AvgIpc) is 3.10. The van der Waals surface area contributed by atoms with Crippen LogP contribution in [0.1, 0.15) is 19.4 Å². The Bertz CT molecular complexity index is 971. The molecule has 146 valence electrons. The molecule has 0 fully saturated rings. The molecule has 0 saturated carbocycles. The van der Waals surface area contributed by atoms with Crippen molar-refractivity contribution in [2.45, 2.75) is 37.7 Å². The van der Waals surface area contributed by atoms with E-state index in [4.69, 9.17) is 4.74 Å². The third kappa shape index (κ3) is 4.36. The third-order valence-electron chi connectivity index (χ3n) is 4.41. The number of nitrogens with zero attached hydrogens (tertiary/aromatic N) is 3. The summed E-state index contributed by atoms with van der Waals surface area (Å²) in [6, 6.07) is 15.4. The average molecular weight is 397 g/mol. The number of hydrogen-bond acceptors (Lipinski definition) is 5. The minimum atomic E-state index is -0.328. The van der Waals surface area contributed by atoms with Crippen molar-refractivity contribution in [3.05, 3.63) is 54.1 Å². The highest BCUT2D eigenvalue weighted by molar-refractivity contribution is 8.00. The number of aromatic nitrogens is 3. The second kappa shape index (κ2) is 8.93. The summed E-state index contributed by atoms with van der Waals surface area (Å²) in [7, 11) is 1.60. The number of amides is 1. The zero-order valence-electron chi connectivity index (χ0n) is 16.5. The number of ether oxygens (including phenoxy) is 1. The van der Waals surface area contributed by atoms with Gasteiger partial charge in [-0.2, -0.15) is 0 Å². The first-order valence-corrected chi connectivity index (χ1v) is 10.0. The molecule has 3 rings (SSSR count). The molecule has 0 radical (unpaired) electrons. The van der Waals surface area contributed by atoms with E-state index < -0.39 is 0 Å². The molecule has 1 heterocycles. The second-order valence-corrected chi connectivity index (χ2v) is 7.65. The number of aryl methyl sites for hydroxylation is 1. The molecule has 0 aliphatic heterocycles. The maximum absolute atomic E-state index is 12.6. The first-order chi connectivity index (χ1) is 13.5. The van der Waals surface area contributed by atoms with Gasteiger partial charge in [0.1, 0.15) is 5.75 Å². The van der Waals surface area contributed by atoms with Crippen LogP contribution in [0.25, 0.3) is 11.4 Å². The van der Waals surface area contributed by atoms with Gasteiger partial charge in [-0.3, -0.25) is 4.79 Å². The molecule has 0 unspecified atom stereocenters. The Morgan fingerprint density at radius 1 is 1.21 bits per heavy atom. The Balaban J connectivity index is 1.76. The lowest BCUT2D eigenvalue weighted by Crippen LogP contribution is -2.23. The summed E-state index contributed by atoms with van der Waals surface area (Å²) in [5.74, 6) is 1.43. The predicted molar refractivity (Wildman–Crippen MR) is 113 cm³/mol. The maximum atomic E-state index is 12.6. The monoisotopic (exact) mass is 396 g/mol. The minimum absolute atomic E-state index is 0.0960. The van der Waals surface area contributed by atoms with Crippen LogP contribution in [-0.4, -0.2) is 33.0 Å². The van der Waals surface area contributed by atoms with Gasteiger partial charge >= 0.3 is 0 Å². The maximum Gasteiger partial charge on any atom is 0.237 e. The summed E-state index contributed by atoms with van der Waals surface area (Å²) in [4.78, 5) is 12.6. The van der Waals surface area contributed by atoms with Crippen molar-refractivity contribution in [2.75, 3.05) is 12.4 Å². The minimum Gasteiger partial charge on any atom is -0.497 e. The number of benzene rings is 2. The SMILES string of the molecule is CCn1c(S[C@@H](C)C(=O)Nc2cccc(OC)c2)nnc1-c1ccccc1C. The van der Waals surface area contributed by atoms with Crippen molar-refractivity contribution in [3.63, 3.8) is 0 Å². The molecule has 7 heteroatoms. The molecule has 2 aromatic carbocycles. The van der Waals surface area contributed by atoms with Crippen LogP contribution in [-0.2, 0) is 11.3 Å². The summed E-state index contributed by atoms with van der Waals surface area (Å²) >= 11 is 1.40. The molecule has 1 aromatic heterocycles. The molecule has 1 amide bonds. The van der Waals surface area contributed by atoms with E-state index in [2.05, 4.69) is 35.4 Å². The number of rotatable bonds is 7. The zero-order chi connectivity index (χ0) is 20.1. The third-order valence-corrected chi connectivity index (χ3v) is 5.49. The highest BCUT2D eigenvalue weighted by atomic mass is 32.2. The van der Waals surface area contributed by atoms with Crippen LogP contribution in [0, 0.1) is 6.92 Å².